The summed E-state index contributed by atoms with van der Waals surface area (Å²) in [6, 6.07) is 7.30. The van der Waals surface area contributed by atoms with Crippen LogP contribution in [-0.4, -0.2) is 20.4 Å². The van der Waals surface area contributed by atoms with Gasteiger partial charge in [0.1, 0.15) is 0 Å². The molecule has 0 unspecified atom stereocenters. The molecule has 1 aromatic carbocycles. The first-order chi connectivity index (χ1) is 11.0. The molecular formula is C15H14N4O2S2. The molecule has 0 aliphatic heterocycles. The minimum atomic E-state index is -0.142. The number of hydrogen-bond donors (Lipinski definition) is 1. The zero-order chi connectivity index (χ0) is 16.4. The smallest absolute Gasteiger partial charge is 0.261 e. The number of thioether (sulfide) groups is 1. The zero-order valence-electron chi connectivity index (χ0n) is 12.6. The lowest BCUT2D eigenvalue weighted by molar-refractivity contribution is -0.114. The van der Waals surface area contributed by atoms with Gasteiger partial charge in [-0.1, -0.05) is 23.9 Å². The highest BCUT2D eigenvalue weighted by Crippen LogP contribution is 2.24. The largest absolute Gasteiger partial charge is 0.302 e. The Kier molecular flexibility index (Phi) is 4.44. The summed E-state index contributed by atoms with van der Waals surface area (Å²) in [4.78, 5) is 32.2. The molecule has 2 aromatic heterocycles. The molecule has 0 saturated carbocycles. The number of rotatable bonds is 4. The Labute approximate surface area is 140 Å². The van der Waals surface area contributed by atoms with Crippen LogP contribution in [0.2, 0.25) is 0 Å². The van der Waals surface area contributed by atoms with Gasteiger partial charge in [-0.15, -0.1) is 11.3 Å². The number of aromatic nitrogens is 3. The van der Waals surface area contributed by atoms with Crippen LogP contribution < -0.4 is 10.9 Å². The summed E-state index contributed by atoms with van der Waals surface area (Å²) in [5.41, 5.74) is 1.47. The van der Waals surface area contributed by atoms with Gasteiger partial charge >= 0.3 is 0 Å². The van der Waals surface area contributed by atoms with Crippen molar-refractivity contribution in [3.8, 4) is 0 Å². The van der Waals surface area contributed by atoms with Crippen LogP contribution in [0.3, 0.4) is 0 Å². The lowest BCUT2D eigenvalue weighted by Gasteiger charge is -2.07. The Morgan fingerprint density at radius 3 is 2.91 bits per heavy atom. The van der Waals surface area contributed by atoms with Gasteiger partial charge in [0.15, 0.2) is 10.3 Å². The van der Waals surface area contributed by atoms with E-state index in [-0.39, 0.29) is 11.5 Å². The van der Waals surface area contributed by atoms with Crippen LogP contribution >= 0.6 is 23.1 Å². The third-order valence-electron chi connectivity index (χ3n) is 3.13. The summed E-state index contributed by atoms with van der Waals surface area (Å²) >= 11 is 2.82. The van der Waals surface area contributed by atoms with Gasteiger partial charge in [-0.05, 0) is 12.1 Å². The monoisotopic (exact) mass is 346 g/mol. The van der Waals surface area contributed by atoms with E-state index >= 15 is 0 Å². The van der Waals surface area contributed by atoms with Gasteiger partial charge in [0.2, 0.25) is 5.91 Å². The topological polar surface area (TPSA) is 76.9 Å². The fourth-order valence-electron chi connectivity index (χ4n) is 2.05. The third kappa shape index (κ3) is 3.43. The van der Waals surface area contributed by atoms with Gasteiger partial charge in [0, 0.05) is 25.1 Å². The van der Waals surface area contributed by atoms with E-state index in [1.54, 1.807) is 17.7 Å². The Bertz CT molecular complexity index is 933. The average Bonchev–Trinajstić information content (AvgIpc) is 2.96. The fourth-order valence-corrected chi connectivity index (χ4v) is 3.77. The number of anilines is 1. The molecule has 1 N–H and O–H groups in total. The highest BCUT2D eigenvalue weighted by Gasteiger charge is 2.10. The Balaban J connectivity index is 1.82. The second-order valence-corrected chi connectivity index (χ2v) is 6.69. The Morgan fingerprint density at radius 1 is 1.35 bits per heavy atom. The second-order valence-electron chi connectivity index (χ2n) is 4.89. The summed E-state index contributed by atoms with van der Waals surface area (Å²) in [7, 11) is 1.72. The minimum absolute atomic E-state index is 0.0599. The first kappa shape index (κ1) is 15.7. The molecule has 0 atom stereocenters. The van der Waals surface area contributed by atoms with Crippen molar-refractivity contribution in [2.75, 3.05) is 5.32 Å². The molecule has 0 aliphatic carbocycles. The van der Waals surface area contributed by atoms with E-state index in [4.69, 9.17) is 0 Å². The number of hydrogen-bond acceptors (Lipinski definition) is 6. The molecule has 6 nitrogen and oxygen atoms in total. The summed E-state index contributed by atoms with van der Waals surface area (Å²) < 4.78 is 1.55. The molecule has 118 valence electrons. The highest BCUT2D eigenvalue weighted by atomic mass is 32.2. The molecular weight excluding hydrogens is 332 g/mol. The van der Waals surface area contributed by atoms with Crippen LogP contribution in [0.15, 0.2) is 39.6 Å². The SMILES string of the molecule is CC(=O)Nc1nc(CSc2nc3ccccc3c(=O)n2C)cs1. The number of thiazole rings is 1. The average molecular weight is 346 g/mol. The number of carbonyl (C=O) groups excluding carboxylic acids is 1. The Hall–Kier alpha value is -2.19. The standard InChI is InChI=1S/C15H14N4O2S2/c1-9(20)16-14-17-10(7-22-14)8-23-15-18-12-6-4-3-5-11(12)13(21)19(15)2/h3-7H,8H2,1-2H3,(H,16,17,20). The van der Waals surface area contributed by atoms with Gasteiger partial charge < -0.3 is 5.32 Å². The quantitative estimate of drug-likeness (QED) is 0.580. The predicted molar refractivity (Wildman–Crippen MR) is 93.0 cm³/mol. The number of benzene rings is 1. The van der Waals surface area contributed by atoms with E-state index in [0.717, 1.165) is 5.69 Å². The van der Waals surface area contributed by atoms with Crippen molar-refractivity contribution in [2.45, 2.75) is 17.8 Å². The highest BCUT2D eigenvalue weighted by molar-refractivity contribution is 7.98. The number of nitrogens with one attached hydrogen (secondary N) is 1. The van der Waals surface area contributed by atoms with Crippen molar-refractivity contribution < 1.29 is 4.79 Å². The number of para-hydroxylation sites is 1. The van der Waals surface area contributed by atoms with Gasteiger partial charge in [-0.2, -0.15) is 0 Å². The van der Waals surface area contributed by atoms with Gasteiger partial charge in [0.05, 0.1) is 16.6 Å². The van der Waals surface area contributed by atoms with E-state index in [1.807, 2.05) is 23.6 Å². The predicted octanol–water partition coefficient (Wildman–Crippen LogP) is 2.64. The fraction of sp³-hybridized carbons (Fsp3) is 0.200. The van der Waals surface area contributed by atoms with E-state index in [9.17, 15) is 9.59 Å². The van der Waals surface area contributed by atoms with Crippen LogP contribution in [0.5, 0.6) is 0 Å². The van der Waals surface area contributed by atoms with E-state index in [2.05, 4.69) is 15.3 Å². The number of fused-ring (bicyclic) bond motifs is 1. The lowest BCUT2D eigenvalue weighted by atomic mass is 10.2. The van der Waals surface area contributed by atoms with Crippen LogP contribution in [0.4, 0.5) is 5.13 Å². The molecule has 23 heavy (non-hydrogen) atoms. The molecule has 2 heterocycles. The molecule has 1 amide bonds. The normalized spacial score (nSPS) is 10.9. The van der Waals surface area contributed by atoms with Crippen molar-refractivity contribution in [3.63, 3.8) is 0 Å². The van der Waals surface area contributed by atoms with Crippen molar-refractivity contribution in [3.05, 3.63) is 45.7 Å². The second kappa shape index (κ2) is 6.51. The van der Waals surface area contributed by atoms with E-state index in [1.165, 1.54) is 30.0 Å². The molecule has 8 heteroatoms. The molecule has 0 aliphatic rings. The van der Waals surface area contributed by atoms with Gasteiger partial charge in [-0.3, -0.25) is 14.2 Å². The van der Waals surface area contributed by atoms with Crippen molar-refractivity contribution in [1.29, 1.82) is 0 Å². The van der Waals surface area contributed by atoms with Crippen LogP contribution in [-0.2, 0) is 17.6 Å². The number of amides is 1. The molecule has 3 rings (SSSR count). The summed E-state index contributed by atoms with van der Waals surface area (Å²) in [5, 5.41) is 6.37. The maximum atomic E-state index is 12.3. The van der Waals surface area contributed by atoms with Crippen molar-refractivity contribution in [2.24, 2.45) is 7.05 Å². The molecule has 3 aromatic rings. The molecule has 0 saturated heterocycles. The number of carbonyl (C=O) groups is 1. The molecule has 0 fully saturated rings. The van der Waals surface area contributed by atoms with Crippen molar-refractivity contribution in [1.82, 2.24) is 14.5 Å². The van der Waals surface area contributed by atoms with Crippen molar-refractivity contribution >= 4 is 45.0 Å². The first-order valence-electron chi connectivity index (χ1n) is 6.85. The minimum Gasteiger partial charge on any atom is -0.302 e. The Morgan fingerprint density at radius 2 is 2.13 bits per heavy atom. The van der Waals surface area contributed by atoms with Gasteiger partial charge in [-0.25, -0.2) is 9.97 Å². The van der Waals surface area contributed by atoms with Crippen LogP contribution in [0.25, 0.3) is 10.9 Å². The van der Waals surface area contributed by atoms with E-state index in [0.29, 0.717) is 26.9 Å². The maximum Gasteiger partial charge on any atom is 0.261 e. The molecule has 0 spiro atoms. The summed E-state index contributed by atoms with van der Waals surface area (Å²) in [5.74, 6) is 0.437. The molecule has 0 bridgehead atoms. The van der Waals surface area contributed by atoms with Gasteiger partial charge in [0.25, 0.3) is 5.56 Å². The first-order valence-corrected chi connectivity index (χ1v) is 8.71. The molecule has 0 radical (unpaired) electrons. The van der Waals surface area contributed by atoms with Crippen LogP contribution in [0.1, 0.15) is 12.6 Å². The summed E-state index contributed by atoms with van der Waals surface area (Å²) in [6.07, 6.45) is 0. The number of nitrogens with zero attached hydrogens (tertiary/aromatic N) is 3. The third-order valence-corrected chi connectivity index (χ3v) is 5.00. The summed E-state index contributed by atoms with van der Waals surface area (Å²) in [6.45, 7) is 1.45. The van der Waals surface area contributed by atoms with E-state index < -0.39 is 0 Å². The lowest BCUT2D eigenvalue weighted by Crippen LogP contribution is -2.19. The van der Waals surface area contributed by atoms with Crippen LogP contribution in [0, 0.1) is 0 Å². The maximum absolute atomic E-state index is 12.3. The zero-order valence-corrected chi connectivity index (χ0v) is 14.2.